The fourth-order valence-corrected chi connectivity index (χ4v) is 1.50. The third-order valence-corrected chi connectivity index (χ3v) is 2.26. The molecule has 0 spiro atoms. The van der Waals surface area contributed by atoms with Crippen LogP contribution in [0.2, 0.25) is 0 Å². The van der Waals surface area contributed by atoms with Crippen LogP contribution in [0.5, 0.6) is 0 Å². The number of piperidine rings is 1. The molecule has 71 valence electrons. The van der Waals surface area contributed by atoms with Gasteiger partial charge < -0.3 is 10.6 Å². The molecule has 0 amide bonds. The summed E-state index contributed by atoms with van der Waals surface area (Å²) in [6.45, 7) is 7.50. The molecule has 3 heteroatoms. The first kappa shape index (κ1) is 9.96. The molecule has 0 aromatic carbocycles. The Labute approximate surface area is 75.3 Å². The molecule has 1 saturated heterocycles. The Bertz CT molecular complexity index is 99.9. The first-order valence-electron chi connectivity index (χ1n) is 5.01. The lowest BCUT2D eigenvalue weighted by Crippen LogP contribution is -2.40. The van der Waals surface area contributed by atoms with Crippen molar-refractivity contribution in [2.75, 3.05) is 32.7 Å². The van der Waals surface area contributed by atoms with Gasteiger partial charge in [0.2, 0.25) is 0 Å². The Balaban J connectivity index is 1.91. The van der Waals surface area contributed by atoms with Gasteiger partial charge in [0.15, 0.2) is 0 Å². The zero-order valence-corrected chi connectivity index (χ0v) is 7.97. The molecule has 2 N–H and O–H groups in total. The number of hydrogen-bond acceptors (Lipinski definition) is 2. The van der Waals surface area contributed by atoms with E-state index < -0.39 is 0 Å². The standard InChI is InChI=1S/C9H20N3/c1-2-10-7-8-12-9-3-5-11-6-4-9/h9-10,12H,2-8H2,1H3. The quantitative estimate of drug-likeness (QED) is 0.568. The van der Waals surface area contributed by atoms with Gasteiger partial charge in [0.1, 0.15) is 0 Å². The van der Waals surface area contributed by atoms with Crippen molar-refractivity contribution < 1.29 is 0 Å². The molecule has 1 rings (SSSR count). The molecule has 1 aliphatic heterocycles. The summed E-state index contributed by atoms with van der Waals surface area (Å²) in [6.07, 6.45) is 2.46. The Morgan fingerprint density at radius 1 is 1.25 bits per heavy atom. The van der Waals surface area contributed by atoms with Crippen LogP contribution in [0.4, 0.5) is 0 Å². The smallest absolute Gasteiger partial charge is 0.0148 e. The molecule has 0 unspecified atom stereocenters. The van der Waals surface area contributed by atoms with Crippen molar-refractivity contribution in [1.82, 2.24) is 16.0 Å². The largest absolute Gasteiger partial charge is 0.316 e. The van der Waals surface area contributed by atoms with Crippen LogP contribution in [0.25, 0.3) is 0 Å². The van der Waals surface area contributed by atoms with E-state index in [9.17, 15) is 0 Å². The van der Waals surface area contributed by atoms with Crippen LogP contribution < -0.4 is 16.0 Å². The molecule has 1 heterocycles. The third kappa shape index (κ3) is 4.04. The average molecular weight is 170 g/mol. The van der Waals surface area contributed by atoms with Crippen LogP contribution in [0, 0.1) is 0 Å². The van der Waals surface area contributed by atoms with Gasteiger partial charge in [0.05, 0.1) is 0 Å². The summed E-state index contributed by atoms with van der Waals surface area (Å²) in [5.74, 6) is 0. The molecule has 0 aromatic heterocycles. The van der Waals surface area contributed by atoms with Gasteiger partial charge in [0.25, 0.3) is 0 Å². The van der Waals surface area contributed by atoms with Crippen molar-refractivity contribution in [3.8, 4) is 0 Å². The van der Waals surface area contributed by atoms with Crippen molar-refractivity contribution in [2.45, 2.75) is 25.8 Å². The molecule has 3 nitrogen and oxygen atoms in total. The number of hydrogen-bond donors (Lipinski definition) is 2. The summed E-state index contributed by atoms with van der Waals surface area (Å²) in [7, 11) is 0. The Hall–Kier alpha value is -0.120. The number of rotatable bonds is 5. The first-order valence-corrected chi connectivity index (χ1v) is 5.01. The fourth-order valence-electron chi connectivity index (χ4n) is 1.50. The van der Waals surface area contributed by atoms with Gasteiger partial charge in [-0.2, -0.15) is 0 Å². The molecular weight excluding hydrogens is 150 g/mol. The molecule has 1 aliphatic rings. The minimum Gasteiger partial charge on any atom is -0.316 e. The van der Waals surface area contributed by atoms with Crippen molar-refractivity contribution in [3.05, 3.63) is 0 Å². The highest BCUT2D eigenvalue weighted by Crippen LogP contribution is 2.01. The van der Waals surface area contributed by atoms with E-state index in [4.69, 9.17) is 0 Å². The topological polar surface area (TPSA) is 38.2 Å². The molecule has 0 atom stereocenters. The van der Waals surface area contributed by atoms with E-state index in [0.717, 1.165) is 38.8 Å². The lowest BCUT2D eigenvalue weighted by molar-refractivity contribution is 0.383. The van der Waals surface area contributed by atoms with Gasteiger partial charge in [-0.3, -0.25) is 0 Å². The highest BCUT2D eigenvalue weighted by atomic mass is 15.0. The van der Waals surface area contributed by atoms with E-state index in [2.05, 4.69) is 22.9 Å². The fraction of sp³-hybridized carbons (Fsp3) is 1.00. The molecule has 0 bridgehead atoms. The summed E-state index contributed by atoms with van der Waals surface area (Å²) in [6, 6.07) is 0.723. The van der Waals surface area contributed by atoms with E-state index in [-0.39, 0.29) is 0 Å². The van der Waals surface area contributed by atoms with Crippen molar-refractivity contribution in [2.24, 2.45) is 0 Å². The van der Waals surface area contributed by atoms with E-state index >= 15 is 0 Å². The van der Waals surface area contributed by atoms with Gasteiger partial charge >= 0.3 is 0 Å². The Kier molecular flexibility index (Phi) is 5.32. The predicted molar refractivity (Wildman–Crippen MR) is 51.4 cm³/mol. The highest BCUT2D eigenvalue weighted by Gasteiger charge is 2.11. The van der Waals surface area contributed by atoms with Gasteiger partial charge in [-0.05, 0) is 19.4 Å². The van der Waals surface area contributed by atoms with Gasteiger partial charge in [-0.1, -0.05) is 6.92 Å². The highest BCUT2D eigenvalue weighted by molar-refractivity contribution is 4.73. The van der Waals surface area contributed by atoms with Crippen molar-refractivity contribution >= 4 is 0 Å². The van der Waals surface area contributed by atoms with Gasteiger partial charge in [-0.15, -0.1) is 0 Å². The number of nitrogens with zero attached hydrogens (tertiary/aromatic N) is 1. The minimum atomic E-state index is 0.723. The van der Waals surface area contributed by atoms with E-state index in [1.54, 1.807) is 0 Å². The van der Waals surface area contributed by atoms with Crippen LogP contribution in [0.15, 0.2) is 0 Å². The maximum atomic E-state index is 4.32. The lowest BCUT2D eigenvalue weighted by Gasteiger charge is -2.22. The minimum absolute atomic E-state index is 0.723. The first-order chi connectivity index (χ1) is 5.93. The predicted octanol–water partition coefficient (Wildman–Crippen LogP) is -0.0477. The summed E-state index contributed by atoms with van der Waals surface area (Å²) >= 11 is 0. The number of nitrogens with one attached hydrogen (secondary N) is 2. The molecule has 12 heavy (non-hydrogen) atoms. The molecule has 1 radical (unpaired) electrons. The second-order valence-corrected chi connectivity index (χ2v) is 3.25. The van der Waals surface area contributed by atoms with Crippen LogP contribution in [-0.2, 0) is 0 Å². The number of likely N-dealkylation sites (N-methyl/N-ethyl adjacent to an activating group) is 1. The molecule has 0 saturated carbocycles. The summed E-state index contributed by atoms with van der Waals surface area (Å²) in [4.78, 5) is 0. The normalized spacial score (nSPS) is 19.8. The van der Waals surface area contributed by atoms with Gasteiger partial charge in [-0.25, -0.2) is 5.32 Å². The average Bonchev–Trinajstić information content (AvgIpc) is 2.14. The maximum absolute atomic E-state index is 4.32. The molecular formula is C9H20N3. The van der Waals surface area contributed by atoms with Gasteiger partial charge in [0, 0.05) is 32.2 Å². The van der Waals surface area contributed by atoms with Crippen LogP contribution in [0.1, 0.15) is 19.8 Å². The van der Waals surface area contributed by atoms with Crippen molar-refractivity contribution in [3.63, 3.8) is 0 Å². The zero-order chi connectivity index (χ0) is 8.65. The van der Waals surface area contributed by atoms with Crippen LogP contribution >= 0.6 is 0 Å². The Morgan fingerprint density at radius 3 is 2.67 bits per heavy atom. The monoisotopic (exact) mass is 170 g/mol. The SMILES string of the molecule is CCNCCNC1CC[N]CC1. The van der Waals surface area contributed by atoms with E-state index in [1.165, 1.54) is 12.8 Å². The molecule has 0 aliphatic carbocycles. The van der Waals surface area contributed by atoms with E-state index in [1.807, 2.05) is 0 Å². The van der Waals surface area contributed by atoms with Crippen LogP contribution in [0.3, 0.4) is 0 Å². The maximum Gasteiger partial charge on any atom is 0.0148 e. The second-order valence-electron chi connectivity index (χ2n) is 3.25. The molecule has 0 aromatic rings. The van der Waals surface area contributed by atoms with Crippen molar-refractivity contribution in [1.29, 1.82) is 0 Å². The summed E-state index contributed by atoms with van der Waals surface area (Å²) in [5, 5.41) is 11.2. The zero-order valence-electron chi connectivity index (χ0n) is 7.97. The van der Waals surface area contributed by atoms with Crippen LogP contribution in [-0.4, -0.2) is 38.8 Å². The second kappa shape index (κ2) is 6.40. The molecule has 1 fully saturated rings. The lowest BCUT2D eigenvalue weighted by atomic mass is 10.1. The Morgan fingerprint density at radius 2 is 2.00 bits per heavy atom. The van der Waals surface area contributed by atoms with E-state index in [0.29, 0.717) is 0 Å². The third-order valence-electron chi connectivity index (χ3n) is 2.26. The summed E-state index contributed by atoms with van der Waals surface area (Å²) in [5.41, 5.74) is 0. The summed E-state index contributed by atoms with van der Waals surface area (Å²) < 4.78 is 0.